The van der Waals surface area contributed by atoms with Gasteiger partial charge in [0.05, 0.1) is 10.6 Å². The number of hydrogen-bond donors (Lipinski definition) is 0. The second-order valence-electron chi connectivity index (χ2n) is 8.85. The SMILES string of the molecule is O=P12c3ccccc3Oc3cccc(c31)Oc1cc(-c3cccc4c3sc3ccccc34)ccc12. The molecule has 0 bridgehead atoms. The predicted octanol–water partition coefficient (Wildman–Crippen LogP) is 7.57. The minimum Gasteiger partial charge on any atom is -0.456 e. The maximum Gasteiger partial charge on any atom is 0.185 e. The number of thiophene rings is 1. The molecule has 1 unspecified atom stereocenters. The summed E-state index contributed by atoms with van der Waals surface area (Å²) in [5.74, 6) is 2.50. The average Bonchev–Trinajstić information content (AvgIpc) is 3.27. The van der Waals surface area contributed by atoms with Gasteiger partial charge < -0.3 is 14.0 Å². The summed E-state index contributed by atoms with van der Waals surface area (Å²) in [4.78, 5) is 0. The van der Waals surface area contributed by atoms with E-state index in [2.05, 4.69) is 48.5 Å². The van der Waals surface area contributed by atoms with Crippen molar-refractivity contribution in [3.05, 3.63) is 103 Å². The lowest BCUT2D eigenvalue weighted by molar-refractivity contribution is 0.462. The summed E-state index contributed by atoms with van der Waals surface area (Å²) < 4.78 is 30.0. The van der Waals surface area contributed by atoms with Gasteiger partial charge in [-0.05, 0) is 53.6 Å². The first-order valence-electron chi connectivity index (χ1n) is 11.5. The van der Waals surface area contributed by atoms with Gasteiger partial charge in [0.1, 0.15) is 28.3 Å². The number of para-hydroxylation sites is 1. The van der Waals surface area contributed by atoms with Crippen LogP contribution in [0.4, 0.5) is 0 Å². The molecule has 35 heavy (non-hydrogen) atoms. The molecule has 0 saturated heterocycles. The molecule has 0 fully saturated rings. The summed E-state index contributed by atoms with van der Waals surface area (Å²) in [6, 6.07) is 34.3. The maximum absolute atomic E-state index is 15.0. The smallest absolute Gasteiger partial charge is 0.185 e. The quantitative estimate of drug-likeness (QED) is 0.224. The Morgan fingerprint density at radius 3 is 2.20 bits per heavy atom. The van der Waals surface area contributed by atoms with Crippen LogP contribution in [0.25, 0.3) is 31.3 Å². The lowest BCUT2D eigenvalue weighted by Gasteiger charge is -2.34. The standard InChI is InChI=1S/C30H17O3PS/c31-34-26-13-3-2-10-22(26)32-23-11-6-12-24(29(23)34)33-25-17-18(15-16-27(25)34)19-8-5-9-21-20-7-1-4-14-28(20)35-30(19)21/h1-17H. The number of ether oxygens (including phenoxy) is 2. The molecule has 3 heterocycles. The van der Waals surface area contributed by atoms with E-state index in [1.165, 1.54) is 20.2 Å². The Morgan fingerprint density at radius 1 is 0.600 bits per heavy atom. The van der Waals surface area contributed by atoms with Crippen LogP contribution in [0.15, 0.2) is 103 Å². The van der Waals surface area contributed by atoms with Crippen LogP contribution in [0, 0.1) is 0 Å². The molecule has 6 aromatic rings. The molecule has 3 nitrogen and oxygen atoms in total. The van der Waals surface area contributed by atoms with Crippen LogP contribution in [-0.4, -0.2) is 0 Å². The summed E-state index contributed by atoms with van der Waals surface area (Å²) in [7, 11) is -3.15. The van der Waals surface area contributed by atoms with Crippen molar-refractivity contribution in [3.63, 3.8) is 0 Å². The van der Waals surface area contributed by atoms with Crippen LogP contribution >= 0.6 is 18.5 Å². The largest absolute Gasteiger partial charge is 0.456 e. The van der Waals surface area contributed by atoms with Gasteiger partial charge in [0.2, 0.25) is 0 Å². The van der Waals surface area contributed by atoms with Gasteiger partial charge in [0, 0.05) is 20.2 Å². The van der Waals surface area contributed by atoms with Crippen LogP contribution in [0.1, 0.15) is 0 Å². The number of fused-ring (bicyclic) bond motifs is 7. The zero-order chi connectivity index (χ0) is 23.1. The van der Waals surface area contributed by atoms with Crippen LogP contribution in [0.5, 0.6) is 23.0 Å². The third kappa shape index (κ3) is 2.53. The minimum atomic E-state index is -3.15. The minimum absolute atomic E-state index is 0.602. The fourth-order valence-corrected chi connectivity index (χ4v) is 9.66. The Morgan fingerprint density at radius 2 is 1.29 bits per heavy atom. The maximum atomic E-state index is 15.0. The molecule has 0 saturated carbocycles. The van der Waals surface area contributed by atoms with Crippen molar-refractivity contribution in [1.82, 2.24) is 0 Å². The van der Waals surface area contributed by atoms with E-state index in [0.29, 0.717) is 28.3 Å². The first-order chi connectivity index (χ1) is 17.2. The van der Waals surface area contributed by atoms with Crippen LogP contribution in [0.2, 0.25) is 0 Å². The predicted molar refractivity (Wildman–Crippen MR) is 144 cm³/mol. The normalized spacial score (nSPS) is 17.3. The summed E-state index contributed by atoms with van der Waals surface area (Å²) in [5, 5.41) is 4.63. The van der Waals surface area contributed by atoms with Gasteiger partial charge in [-0.15, -0.1) is 11.3 Å². The highest BCUT2D eigenvalue weighted by Crippen LogP contribution is 2.58. The Labute approximate surface area is 205 Å². The zero-order valence-electron chi connectivity index (χ0n) is 18.4. The summed E-state index contributed by atoms with van der Waals surface area (Å²) in [6.07, 6.45) is 0. The topological polar surface area (TPSA) is 35.5 Å². The Balaban J connectivity index is 1.38. The molecule has 0 aliphatic carbocycles. The van der Waals surface area contributed by atoms with Crippen molar-refractivity contribution in [1.29, 1.82) is 0 Å². The van der Waals surface area contributed by atoms with E-state index < -0.39 is 7.14 Å². The molecule has 8 rings (SSSR count). The summed E-state index contributed by atoms with van der Waals surface area (Å²) in [5.41, 5.74) is 2.20. The van der Waals surface area contributed by atoms with Gasteiger partial charge in [-0.1, -0.05) is 60.7 Å². The molecule has 166 valence electrons. The van der Waals surface area contributed by atoms with Crippen LogP contribution < -0.4 is 25.4 Å². The Hall–Kier alpha value is -3.85. The van der Waals surface area contributed by atoms with Crippen LogP contribution in [-0.2, 0) is 4.57 Å². The van der Waals surface area contributed by atoms with Crippen molar-refractivity contribution < 1.29 is 14.0 Å². The summed E-state index contributed by atoms with van der Waals surface area (Å²) >= 11 is 1.80. The van der Waals surface area contributed by atoms with Gasteiger partial charge in [-0.25, -0.2) is 0 Å². The Kier molecular flexibility index (Phi) is 3.81. The third-order valence-corrected chi connectivity index (χ3v) is 11.3. The highest BCUT2D eigenvalue weighted by Gasteiger charge is 2.46. The molecule has 0 radical (unpaired) electrons. The lowest BCUT2D eigenvalue weighted by Crippen LogP contribution is -2.34. The van der Waals surface area contributed by atoms with Crippen molar-refractivity contribution in [2.45, 2.75) is 0 Å². The molecule has 5 heteroatoms. The van der Waals surface area contributed by atoms with Gasteiger partial charge in [-0.2, -0.15) is 0 Å². The molecule has 5 aromatic carbocycles. The zero-order valence-corrected chi connectivity index (χ0v) is 20.1. The van der Waals surface area contributed by atoms with Crippen molar-refractivity contribution in [3.8, 4) is 34.1 Å². The second-order valence-corrected chi connectivity index (χ2v) is 12.5. The van der Waals surface area contributed by atoms with E-state index in [1.807, 2.05) is 54.6 Å². The van der Waals surface area contributed by atoms with Crippen molar-refractivity contribution >= 4 is 54.6 Å². The molecule has 0 spiro atoms. The first-order valence-corrected chi connectivity index (χ1v) is 14.0. The van der Waals surface area contributed by atoms with Gasteiger partial charge in [-0.3, -0.25) is 0 Å². The Bertz CT molecular complexity index is 1900. The van der Waals surface area contributed by atoms with E-state index in [0.717, 1.165) is 21.7 Å². The van der Waals surface area contributed by atoms with E-state index >= 15 is 0 Å². The highest BCUT2D eigenvalue weighted by atomic mass is 32.1. The summed E-state index contributed by atoms with van der Waals surface area (Å²) in [6.45, 7) is 0. The highest BCUT2D eigenvalue weighted by molar-refractivity contribution is 7.86. The molecule has 1 atom stereocenters. The van der Waals surface area contributed by atoms with Gasteiger partial charge >= 0.3 is 0 Å². The van der Waals surface area contributed by atoms with Crippen LogP contribution in [0.3, 0.4) is 0 Å². The van der Waals surface area contributed by atoms with Gasteiger partial charge in [0.25, 0.3) is 0 Å². The lowest BCUT2D eigenvalue weighted by atomic mass is 10.0. The fourth-order valence-electron chi connectivity index (χ4n) is 5.39. The first kappa shape index (κ1) is 19.5. The molecule has 0 N–H and O–H groups in total. The molecular weight excluding hydrogens is 471 g/mol. The number of rotatable bonds is 1. The number of benzene rings is 5. The van der Waals surface area contributed by atoms with E-state index in [9.17, 15) is 4.57 Å². The van der Waals surface area contributed by atoms with Crippen molar-refractivity contribution in [2.75, 3.05) is 0 Å². The molecule has 2 aliphatic heterocycles. The third-order valence-electron chi connectivity index (χ3n) is 6.94. The van der Waals surface area contributed by atoms with E-state index in [1.54, 1.807) is 11.3 Å². The number of hydrogen-bond acceptors (Lipinski definition) is 4. The fraction of sp³-hybridized carbons (Fsp3) is 0. The van der Waals surface area contributed by atoms with Crippen molar-refractivity contribution in [2.24, 2.45) is 0 Å². The molecular formula is C30H17O3PS. The monoisotopic (exact) mass is 488 g/mol. The second kappa shape index (κ2) is 6.85. The van der Waals surface area contributed by atoms with E-state index in [4.69, 9.17) is 9.47 Å². The molecule has 1 aromatic heterocycles. The molecule has 0 amide bonds. The van der Waals surface area contributed by atoms with Gasteiger partial charge in [0.15, 0.2) is 7.14 Å². The molecule has 2 aliphatic rings. The van der Waals surface area contributed by atoms with E-state index in [-0.39, 0.29) is 0 Å². The average molecular weight is 489 g/mol.